The Balaban J connectivity index is 2.02. The van der Waals surface area contributed by atoms with Crippen molar-refractivity contribution in [3.63, 3.8) is 0 Å². The van der Waals surface area contributed by atoms with E-state index in [0.29, 0.717) is 13.2 Å². The van der Waals surface area contributed by atoms with Crippen molar-refractivity contribution in [2.75, 3.05) is 26.3 Å². The zero-order valence-electron chi connectivity index (χ0n) is 8.06. The van der Waals surface area contributed by atoms with Crippen LogP contribution in [-0.2, 0) is 9.53 Å². The van der Waals surface area contributed by atoms with Gasteiger partial charge in [-0.05, 0) is 13.3 Å². The minimum Gasteiger partial charge on any atom is -0.378 e. The predicted molar refractivity (Wildman–Crippen MR) is 60.7 cm³/mol. The Morgan fingerprint density at radius 3 is 2.29 bits per heavy atom. The van der Waals surface area contributed by atoms with Crippen LogP contribution in [0.3, 0.4) is 0 Å². The number of rotatable bonds is 1. The van der Waals surface area contributed by atoms with Crippen LogP contribution in [0.4, 0.5) is 0 Å². The van der Waals surface area contributed by atoms with Gasteiger partial charge in [0.25, 0.3) is 0 Å². The maximum atomic E-state index is 12.1. The highest BCUT2D eigenvalue weighted by atomic mass is 79.9. The molecule has 0 aromatic rings. The second-order valence-corrected chi connectivity index (χ2v) is 7.89. The molecule has 80 valence electrons. The fourth-order valence-corrected chi connectivity index (χ4v) is 3.21. The number of hydrogen-bond donors (Lipinski definition) is 0. The van der Waals surface area contributed by atoms with E-state index in [0.717, 1.165) is 19.5 Å². The average molecular weight is 327 g/mol. The lowest BCUT2D eigenvalue weighted by molar-refractivity contribution is -0.140. The van der Waals surface area contributed by atoms with Gasteiger partial charge in [0.1, 0.15) is 0 Å². The van der Waals surface area contributed by atoms with Crippen molar-refractivity contribution in [1.82, 2.24) is 4.90 Å². The molecular formula is C9H13Br2NO2. The maximum Gasteiger partial charge on any atom is 0.231 e. The number of nitrogens with zero attached hydrogens (tertiary/aromatic N) is 1. The van der Waals surface area contributed by atoms with Gasteiger partial charge in [0.05, 0.1) is 21.9 Å². The van der Waals surface area contributed by atoms with Gasteiger partial charge >= 0.3 is 0 Å². The molecule has 1 heterocycles. The van der Waals surface area contributed by atoms with Crippen molar-refractivity contribution >= 4 is 37.8 Å². The van der Waals surface area contributed by atoms with E-state index in [-0.39, 0.29) is 14.6 Å². The minimum absolute atomic E-state index is 0.178. The zero-order valence-corrected chi connectivity index (χ0v) is 11.2. The largest absolute Gasteiger partial charge is 0.378 e. The quantitative estimate of drug-likeness (QED) is 0.687. The van der Waals surface area contributed by atoms with Crippen molar-refractivity contribution in [1.29, 1.82) is 0 Å². The lowest BCUT2D eigenvalue weighted by Gasteiger charge is -2.30. The summed E-state index contributed by atoms with van der Waals surface area (Å²) in [6.45, 7) is 4.78. The van der Waals surface area contributed by atoms with Crippen LogP contribution >= 0.6 is 31.9 Å². The molecule has 0 radical (unpaired) electrons. The van der Waals surface area contributed by atoms with Crippen molar-refractivity contribution in [2.24, 2.45) is 5.41 Å². The Kier molecular flexibility index (Phi) is 2.69. The highest BCUT2D eigenvalue weighted by molar-refractivity contribution is 9.25. The minimum atomic E-state index is -0.273. The first-order valence-electron chi connectivity index (χ1n) is 4.72. The van der Waals surface area contributed by atoms with E-state index >= 15 is 0 Å². The third kappa shape index (κ3) is 1.63. The summed E-state index contributed by atoms with van der Waals surface area (Å²) < 4.78 is 5.04. The summed E-state index contributed by atoms with van der Waals surface area (Å²) >= 11 is 7.03. The van der Waals surface area contributed by atoms with Gasteiger partial charge in [0.15, 0.2) is 0 Å². The third-order valence-corrected chi connectivity index (χ3v) is 5.34. The molecule has 0 bridgehead atoms. The molecule has 1 atom stereocenters. The number of halogens is 2. The number of ether oxygens (including phenoxy) is 1. The van der Waals surface area contributed by atoms with Crippen LogP contribution in [0.15, 0.2) is 0 Å². The number of alkyl halides is 2. The van der Waals surface area contributed by atoms with Crippen molar-refractivity contribution in [3.05, 3.63) is 0 Å². The molecule has 0 N–H and O–H groups in total. The Morgan fingerprint density at radius 1 is 1.36 bits per heavy atom. The molecule has 0 aromatic heterocycles. The first-order chi connectivity index (χ1) is 6.47. The highest BCUT2D eigenvalue weighted by Gasteiger charge is 2.67. The van der Waals surface area contributed by atoms with Crippen LogP contribution in [-0.4, -0.2) is 40.3 Å². The molecule has 1 saturated heterocycles. The lowest BCUT2D eigenvalue weighted by atomic mass is 10.1. The van der Waals surface area contributed by atoms with E-state index in [1.807, 2.05) is 11.8 Å². The molecule has 1 unspecified atom stereocenters. The molecule has 0 spiro atoms. The normalized spacial score (nSPS) is 35.5. The summed E-state index contributed by atoms with van der Waals surface area (Å²) in [6, 6.07) is 0. The Bertz CT molecular complexity index is 264. The molecule has 0 aromatic carbocycles. The van der Waals surface area contributed by atoms with Crippen molar-refractivity contribution in [2.45, 2.75) is 16.6 Å². The fraction of sp³-hybridized carbons (Fsp3) is 0.889. The summed E-state index contributed by atoms with van der Waals surface area (Å²) in [5, 5.41) is 0. The Morgan fingerprint density at radius 2 is 1.86 bits per heavy atom. The highest BCUT2D eigenvalue weighted by Crippen LogP contribution is 2.66. The van der Waals surface area contributed by atoms with Gasteiger partial charge < -0.3 is 9.64 Å². The van der Waals surface area contributed by atoms with Crippen LogP contribution in [0.25, 0.3) is 0 Å². The van der Waals surface area contributed by atoms with Crippen LogP contribution in [0, 0.1) is 5.41 Å². The third-order valence-electron chi connectivity index (χ3n) is 3.03. The van der Waals surface area contributed by atoms with E-state index in [2.05, 4.69) is 31.9 Å². The molecule has 1 amide bonds. The molecule has 2 fully saturated rings. The molecule has 5 heteroatoms. The Labute approximate surface area is 100 Å². The van der Waals surface area contributed by atoms with Gasteiger partial charge in [-0.1, -0.05) is 31.9 Å². The van der Waals surface area contributed by atoms with Crippen LogP contribution in [0.1, 0.15) is 13.3 Å². The van der Waals surface area contributed by atoms with Crippen LogP contribution < -0.4 is 0 Å². The van der Waals surface area contributed by atoms with Crippen LogP contribution in [0.5, 0.6) is 0 Å². The first kappa shape index (κ1) is 10.9. The summed E-state index contributed by atoms with van der Waals surface area (Å²) in [4.78, 5) is 14.0. The second-order valence-electron chi connectivity index (χ2n) is 4.12. The molecule has 1 saturated carbocycles. The topological polar surface area (TPSA) is 29.5 Å². The first-order valence-corrected chi connectivity index (χ1v) is 6.31. The zero-order chi connectivity index (χ0) is 10.4. The molecule has 1 aliphatic heterocycles. The molecule has 3 nitrogen and oxygen atoms in total. The molecule has 14 heavy (non-hydrogen) atoms. The van der Waals surface area contributed by atoms with E-state index in [1.165, 1.54) is 0 Å². The van der Waals surface area contributed by atoms with Gasteiger partial charge in [0, 0.05) is 13.1 Å². The van der Waals surface area contributed by atoms with Crippen molar-refractivity contribution in [3.8, 4) is 0 Å². The number of carbonyl (C=O) groups excluding carboxylic acids is 1. The lowest BCUT2D eigenvalue weighted by Crippen LogP contribution is -2.44. The molecular weight excluding hydrogens is 314 g/mol. The molecule has 2 aliphatic rings. The van der Waals surface area contributed by atoms with E-state index < -0.39 is 0 Å². The molecule has 2 rings (SSSR count). The standard InChI is InChI=1S/C9H13Br2NO2/c1-8(6-9(8,10)11)7(13)12-2-4-14-5-3-12/h2-6H2,1H3. The van der Waals surface area contributed by atoms with Gasteiger partial charge in [0.2, 0.25) is 5.91 Å². The summed E-state index contributed by atoms with van der Waals surface area (Å²) in [6.07, 6.45) is 0.857. The van der Waals surface area contributed by atoms with E-state index in [9.17, 15) is 4.79 Å². The second kappa shape index (κ2) is 3.46. The molecule has 1 aliphatic carbocycles. The monoisotopic (exact) mass is 325 g/mol. The van der Waals surface area contributed by atoms with Crippen LogP contribution in [0.2, 0.25) is 0 Å². The number of hydrogen-bond acceptors (Lipinski definition) is 2. The van der Waals surface area contributed by atoms with E-state index in [1.54, 1.807) is 0 Å². The SMILES string of the molecule is CC1(C(=O)N2CCOCC2)CC1(Br)Br. The summed E-state index contributed by atoms with van der Waals surface area (Å²) in [7, 11) is 0. The fourth-order valence-electron chi connectivity index (χ4n) is 1.75. The smallest absolute Gasteiger partial charge is 0.231 e. The summed E-state index contributed by atoms with van der Waals surface area (Å²) in [5.74, 6) is 0.231. The van der Waals surface area contributed by atoms with Gasteiger partial charge in [-0.3, -0.25) is 4.79 Å². The maximum absolute atomic E-state index is 12.1. The predicted octanol–water partition coefficient (Wildman–Crippen LogP) is 1.74. The summed E-state index contributed by atoms with van der Waals surface area (Å²) in [5.41, 5.74) is -0.273. The van der Waals surface area contributed by atoms with E-state index in [4.69, 9.17) is 4.74 Å². The van der Waals surface area contributed by atoms with Gasteiger partial charge in [-0.25, -0.2) is 0 Å². The van der Waals surface area contributed by atoms with Gasteiger partial charge in [-0.15, -0.1) is 0 Å². The average Bonchev–Trinajstić information content (AvgIpc) is 2.68. The Hall–Kier alpha value is 0.390. The van der Waals surface area contributed by atoms with Gasteiger partial charge in [-0.2, -0.15) is 0 Å². The van der Waals surface area contributed by atoms with Crippen molar-refractivity contribution < 1.29 is 9.53 Å². The number of amides is 1. The number of morpholine rings is 1. The number of carbonyl (C=O) groups is 1.